The van der Waals surface area contributed by atoms with Crippen LogP contribution >= 0.6 is 11.8 Å². The van der Waals surface area contributed by atoms with Crippen molar-refractivity contribution in [1.29, 1.82) is 0 Å². The van der Waals surface area contributed by atoms with Gasteiger partial charge in [0.15, 0.2) is 5.17 Å². The summed E-state index contributed by atoms with van der Waals surface area (Å²) in [5.74, 6) is 0.854. The zero-order valence-electron chi connectivity index (χ0n) is 16.8. The average Bonchev–Trinajstić information content (AvgIpc) is 3.22. The van der Waals surface area contributed by atoms with Crippen LogP contribution in [0.25, 0.3) is 17.0 Å². The van der Waals surface area contributed by atoms with Crippen LogP contribution in [0.3, 0.4) is 0 Å². The van der Waals surface area contributed by atoms with E-state index in [9.17, 15) is 4.79 Å². The molecular formula is C23H23N3O2S. The Morgan fingerprint density at radius 1 is 1.14 bits per heavy atom. The maximum Gasteiger partial charge on any atom is 0.266 e. The molecule has 2 aromatic carbocycles. The Labute approximate surface area is 174 Å². The van der Waals surface area contributed by atoms with E-state index >= 15 is 0 Å². The number of benzene rings is 2. The summed E-state index contributed by atoms with van der Waals surface area (Å²) in [7, 11) is 3.46. The van der Waals surface area contributed by atoms with Crippen molar-refractivity contribution in [3.63, 3.8) is 0 Å². The zero-order chi connectivity index (χ0) is 20.4. The molecule has 0 bridgehead atoms. The number of hydrogen-bond acceptors (Lipinski definition) is 4. The lowest BCUT2D eigenvalue weighted by Crippen LogP contribution is -2.23. The molecule has 3 aromatic rings. The summed E-state index contributed by atoms with van der Waals surface area (Å²) in [6, 6.07) is 16.3. The molecule has 0 radical (unpaired) electrons. The lowest BCUT2D eigenvalue weighted by Gasteiger charge is -2.08. The van der Waals surface area contributed by atoms with E-state index < -0.39 is 0 Å². The largest absolute Gasteiger partial charge is 0.492 e. The van der Waals surface area contributed by atoms with Crippen molar-refractivity contribution in [3.05, 3.63) is 70.8 Å². The Morgan fingerprint density at radius 3 is 2.62 bits per heavy atom. The number of fused-ring (bicyclic) bond motifs is 1. The van der Waals surface area contributed by atoms with E-state index in [4.69, 9.17) is 4.74 Å². The second kappa shape index (κ2) is 8.17. The topological polar surface area (TPSA) is 46.8 Å². The molecule has 6 heteroatoms. The van der Waals surface area contributed by atoms with Crippen LogP contribution in [0.1, 0.15) is 11.1 Å². The summed E-state index contributed by atoms with van der Waals surface area (Å²) in [5.41, 5.74) is 3.37. The predicted molar refractivity (Wildman–Crippen MR) is 120 cm³/mol. The van der Waals surface area contributed by atoms with Crippen molar-refractivity contribution in [2.24, 2.45) is 4.99 Å². The molecule has 148 valence electrons. The molecule has 1 fully saturated rings. The van der Waals surface area contributed by atoms with E-state index in [2.05, 4.69) is 34.8 Å². The minimum absolute atomic E-state index is 0.0184. The SMILES string of the molecule is CN=C1SC(=Cc2cn(CCOc3ccc(C)cc3)c3ccccc23)C(=O)N1C. The number of hydrogen-bond donors (Lipinski definition) is 0. The van der Waals surface area contributed by atoms with Crippen molar-refractivity contribution in [1.82, 2.24) is 9.47 Å². The second-order valence-corrected chi connectivity index (χ2v) is 7.95. The number of aromatic nitrogens is 1. The summed E-state index contributed by atoms with van der Waals surface area (Å²) < 4.78 is 8.08. The fourth-order valence-electron chi connectivity index (χ4n) is 3.36. The molecule has 2 heterocycles. The van der Waals surface area contributed by atoms with Gasteiger partial charge < -0.3 is 9.30 Å². The lowest BCUT2D eigenvalue weighted by molar-refractivity contribution is -0.121. The Balaban J connectivity index is 1.58. The standard InChI is InChI=1S/C23H23N3O2S/c1-16-8-10-18(11-9-16)28-13-12-26-15-17(19-6-4-5-7-20(19)26)14-21-22(27)25(3)23(24-2)29-21/h4-11,14-15H,12-13H2,1-3H3. The number of carbonyl (C=O) groups is 1. The molecule has 5 nitrogen and oxygen atoms in total. The summed E-state index contributed by atoms with van der Waals surface area (Å²) in [6.07, 6.45) is 4.05. The van der Waals surface area contributed by atoms with Gasteiger partial charge in [-0.1, -0.05) is 35.9 Å². The number of nitrogens with zero attached hydrogens (tertiary/aromatic N) is 3. The van der Waals surface area contributed by atoms with Gasteiger partial charge in [-0.15, -0.1) is 0 Å². The van der Waals surface area contributed by atoms with Crippen molar-refractivity contribution in [2.75, 3.05) is 20.7 Å². The average molecular weight is 406 g/mol. The van der Waals surface area contributed by atoms with Gasteiger partial charge in [0, 0.05) is 36.8 Å². The van der Waals surface area contributed by atoms with E-state index in [0.717, 1.165) is 33.9 Å². The summed E-state index contributed by atoms with van der Waals surface area (Å²) in [5, 5.41) is 1.84. The van der Waals surface area contributed by atoms with Crippen molar-refractivity contribution >= 4 is 39.8 Å². The molecule has 1 saturated heterocycles. The first kappa shape index (κ1) is 19.3. The molecule has 0 unspecified atom stereocenters. The van der Waals surface area contributed by atoms with Crippen molar-refractivity contribution in [3.8, 4) is 5.75 Å². The smallest absolute Gasteiger partial charge is 0.266 e. The number of likely N-dealkylation sites (N-methyl/N-ethyl adjacent to an activating group) is 1. The third-order valence-corrected chi connectivity index (χ3v) is 6.07. The molecular weight excluding hydrogens is 382 g/mol. The molecule has 1 aromatic heterocycles. The Morgan fingerprint density at radius 2 is 1.90 bits per heavy atom. The van der Waals surface area contributed by atoms with Crippen LogP contribution in [-0.2, 0) is 11.3 Å². The van der Waals surface area contributed by atoms with Gasteiger partial charge in [-0.3, -0.25) is 14.7 Å². The van der Waals surface area contributed by atoms with Gasteiger partial charge in [0.1, 0.15) is 12.4 Å². The van der Waals surface area contributed by atoms with Crippen LogP contribution in [-0.4, -0.2) is 41.2 Å². The number of aliphatic imine (C=N–C) groups is 1. The summed E-state index contributed by atoms with van der Waals surface area (Å²) >= 11 is 1.41. The number of amides is 1. The highest BCUT2D eigenvalue weighted by atomic mass is 32.2. The molecule has 0 atom stereocenters. The normalized spacial score (nSPS) is 17.1. The van der Waals surface area contributed by atoms with Gasteiger partial charge in [-0.25, -0.2) is 0 Å². The molecule has 29 heavy (non-hydrogen) atoms. The number of para-hydroxylation sites is 1. The molecule has 0 spiro atoms. The summed E-state index contributed by atoms with van der Waals surface area (Å²) in [4.78, 5) is 19.0. The van der Waals surface area contributed by atoms with E-state index in [1.165, 1.54) is 17.3 Å². The highest BCUT2D eigenvalue weighted by Crippen LogP contribution is 2.33. The number of aryl methyl sites for hydroxylation is 1. The van der Waals surface area contributed by atoms with Crippen LogP contribution in [0.4, 0.5) is 0 Å². The van der Waals surface area contributed by atoms with Gasteiger partial charge in [0.25, 0.3) is 5.91 Å². The first-order chi connectivity index (χ1) is 14.1. The van der Waals surface area contributed by atoms with Crippen LogP contribution in [0.2, 0.25) is 0 Å². The zero-order valence-corrected chi connectivity index (χ0v) is 17.6. The number of amidine groups is 1. The number of thioether (sulfide) groups is 1. The number of carbonyl (C=O) groups excluding carboxylic acids is 1. The van der Waals surface area contributed by atoms with Gasteiger partial charge in [0.2, 0.25) is 0 Å². The summed E-state index contributed by atoms with van der Waals surface area (Å²) in [6.45, 7) is 3.35. The van der Waals surface area contributed by atoms with E-state index in [-0.39, 0.29) is 5.91 Å². The van der Waals surface area contributed by atoms with Crippen molar-refractivity contribution in [2.45, 2.75) is 13.5 Å². The third-order valence-electron chi connectivity index (χ3n) is 4.92. The van der Waals surface area contributed by atoms with Crippen LogP contribution in [0.15, 0.2) is 64.6 Å². The van der Waals surface area contributed by atoms with E-state index in [1.807, 2.05) is 42.5 Å². The molecule has 4 rings (SSSR count). The number of ether oxygens (including phenoxy) is 1. The maximum atomic E-state index is 12.5. The third kappa shape index (κ3) is 3.93. The van der Waals surface area contributed by atoms with E-state index in [1.54, 1.807) is 19.0 Å². The van der Waals surface area contributed by atoms with Crippen LogP contribution in [0, 0.1) is 6.92 Å². The highest BCUT2D eigenvalue weighted by Gasteiger charge is 2.30. The highest BCUT2D eigenvalue weighted by molar-refractivity contribution is 8.18. The first-order valence-electron chi connectivity index (χ1n) is 9.48. The lowest BCUT2D eigenvalue weighted by atomic mass is 10.1. The molecule has 0 N–H and O–H groups in total. The van der Waals surface area contributed by atoms with Gasteiger partial charge in [-0.2, -0.15) is 0 Å². The van der Waals surface area contributed by atoms with Gasteiger partial charge >= 0.3 is 0 Å². The monoisotopic (exact) mass is 405 g/mol. The van der Waals surface area contributed by atoms with Crippen molar-refractivity contribution < 1.29 is 9.53 Å². The van der Waals surface area contributed by atoms with Crippen LogP contribution < -0.4 is 4.74 Å². The molecule has 1 aliphatic heterocycles. The first-order valence-corrected chi connectivity index (χ1v) is 10.3. The van der Waals surface area contributed by atoms with E-state index in [0.29, 0.717) is 11.5 Å². The predicted octanol–water partition coefficient (Wildman–Crippen LogP) is 4.56. The maximum absolute atomic E-state index is 12.5. The number of rotatable bonds is 5. The Kier molecular flexibility index (Phi) is 5.45. The Hall–Kier alpha value is -2.99. The van der Waals surface area contributed by atoms with Crippen LogP contribution in [0.5, 0.6) is 5.75 Å². The fraction of sp³-hybridized carbons (Fsp3) is 0.217. The molecule has 1 aliphatic rings. The minimum atomic E-state index is -0.0184. The minimum Gasteiger partial charge on any atom is -0.492 e. The quantitative estimate of drug-likeness (QED) is 0.585. The molecule has 1 amide bonds. The van der Waals surface area contributed by atoms with Gasteiger partial charge in [-0.05, 0) is 43.0 Å². The molecule has 0 aliphatic carbocycles. The fourth-order valence-corrected chi connectivity index (χ4v) is 4.28. The van der Waals surface area contributed by atoms with Gasteiger partial charge in [0.05, 0.1) is 11.4 Å². The Bertz CT molecular complexity index is 1110. The second-order valence-electron chi connectivity index (χ2n) is 6.94. The molecule has 0 saturated carbocycles.